The highest BCUT2D eigenvalue weighted by molar-refractivity contribution is 7.85. The van der Waals surface area contributed by atoms with E-state index in [1.54, 1.807) is 0 Å². The predicted molar refractivity (Wildman–Crippen MR) is 60.6 cm³/mol. The minimum atomic E-state index is -4.10. The Morgan fingerprint density at radius 2 is 1.94 bits per heavy atom. The van der Waals surface area contributed by atoms with Gasteiger partial charge < -0.3 is 15.5 Å². The predicted octanol–water partition coefficient (Wildman–Crippen LogP) is 0.172. The molecule has 0 amide bonds. The van der Waals surface area contributed by atoms with Crippen LogP contribution in [-0.2, 0) is 16.5 Å². The highest BCUT2D eigenvalue weighted by Gasteiger charge is 2.25. The molecule has 0 saturated heterocycles. The number of phenolic OH excluding ortho intramolecular Hbond substituents is 2. The Hall–Kier alpha value is -1.31. The molecule has 17 heavy (non-hydrogen) atoms. The second-order valence-electron chi connectivity index (χ2n) is 4.05. The average Bonchev–Trinajstić information content (AvgIpc) is 2.19. The van der Waals surface area contributed by atoms with Crippen molar-refractivity contribution in [3.63, 3.8) is 0 Å². The van der Waals surface area contributed by atoms with Gasteiger partial charge in [0.2, 0.25) is 0 Å². The molecule has 6 nitrogen and oxygen atoms in total. The lowest BCUT2D eigenvalue weighted by Gasteiger charge is -2.26. The smallest absolute Gasteiger partial charge is 0.266 e. The molecule has 1 aliphatic heterocycles. The fourth-order valence-corrected chi connectivity index (χ4v) is 2.75. The average molecular weight is 259 g/mol. The molecule has 1 heterocycles. The first kappa shape index (κ1) is 12.2. The summed E-state index contributed by atoms with van der Waals surface area (Å²) in [5, 5.41) is 21.7. The topological polar surface area (TPSA) is 107 Å². The standard InChI is InChI=1S/C10H13NO5S/c12-9-3-6-1-2-11-8(5-17(14,15)16)7(6)4-10(9)13/h3-4,8,11-13H,1-2,5H2,(H,14,15,16)/t8-/m1/s1. The first-order chi connectivity index (χ1) is 7.87. The van der Waals surface area contributed by atoms with E-state index in [2.05, 4.69) is 5.32 Å². The summed E-state index contributed by atoms with van der Waals surface area (Å²) in [6.45, 7) is 0.553. The molecule has 7 heteroatoms. The van der Waals surface area contributed by atoms with Crippen LogP contribution in [0.1, 0.15) is 17.2 Å². The maximum absolute atomic E-state index is 10.9. The number of rotatable bonds is 2. The number of benzene rings is 1. The second kappa shape index (κ2) is 4.17. The van der Waals surface area contributed by atoms with Gasteiger partial charge in [0.25, 0.3) is 10.1 Å². The Bertz CT molecular complexity index is 540. The van der Waals surface area contributed by atoms with Crippen molar-refractivity contribution in [1.29, 1.82) is 0 Å². The summed E-state index contributed by atoms with van der Waals surface area (Å²) in [5.41, 5.74) is 1.36. The molecule has 0 bridgehead atoms. The van der Waals surface area contributed by atoms with Gasteiger partial charge in [0.05, 0.1) is 5.75 Å². The molecule has 0 unspecified atom stereocenters. The van der Waals surface area contributed by atoms with Crippen LogP contribution in [0.4, 0.5) is 0 Å². The summed E-state index contributed by atoms with van der Waals surface area (Å²) in [6, 6.07) is 2.18. The van der Waals surface area contributed by atoms with Crippen molar-refractivity contribution in [2.75, 3.05) is 12.3 Å². The molecule has 0 saturated carbocycles. The van der Waals surface area contributed by atoms with Crippen molar-refractivity contribution in [3.05, 3.63) is 23.3 Å². The summed E-state index contributed by atoms with van der Waals surface area (Å²) in [7, 11) is -4.10. The van der Waals surface area contributed by atoms with Gasteiger partial charge in [-0.25, -0.2) is 0 Å². The molecule has 0 spiro atoms. The van der Waals surface area contributed by atoms with Gasteiger partial charge in [0.1, 0.15) is 0 Å². The van der Waals surface area contributed by atoms with Crippen LogP contribution < -0.4 is 5.32 Å². The maximum Gasteiger partial charge on any atom is 0.266 e. The quantitative estimate of drug-likeness (QED) is 0.445. The van der Waals surface area contributed by atoms with Crippen LogP contribution in [0, 0.1) is 0 Å². The van der Waals surface area contributed by atoms with Crippen LogP contribution in [0.15, 0.2) is 12.1 Å². The summed E-state index contributed by atoms with van der Waals surface area (Å²) in [4.78, 5) is 0. The van der Waals surface area contributed by atoms with E-state index in [0.29, 0.717) is 18.5 Å². The third kappa shape index (κ3) is 2.68. The zero-order chi connectivity index (χ0) is 12.6. The summed E-state index contributed by atoms with van der Waals surface area (Å²) in [5.74, 6) is -0.978. The Kier molecular flexibility index (Phi) is 2.98. The highest BCUT2D eigenvalue weighted by atomic mass is 32.2. The van der Waals surface area contributed by atoms with Crippen molar-refractivity contribution in [2.24, 2.45) is 0 Å². The largest absolute Gasteiger partial charge is 0.504 e. The summed E-state index contributed by atoms with van der Waals surface area (Å²) < 4.78 is 30.6. The van der Waals surface area contributed by atoms with Crippen molar-refractivity contribution in [2.45, 2.75) is 12.5 Å². The van der Waals surface area contributed by atoms with Gasteiger partial charge in [0, 0.05) is 6.04 Å². The van der Waals surface area contributed by atoms with Crippen molar-refractivity contribution in [1.82, 2.24) is 5.32 Å². The SMILES string of the molecule is O=S(=O)(O)C[C@H]1NCCc2cc(O)c(O)cc21. The van der Waals surface area contributed by atoms with E-state index in [4.69, 9.17) is 4.55 Å². The minimum absolute atomic E-state index is 0.226. The molecule has 94 valence electrons. The molecule has 1 aliphatic rings. The molecule has 0 fully saturated rings. The number of hydrogen-bond donors (Lipinski definition) is 4. The maximum atomic E-state index is 10.9. The Labute approximate surface area is 98.7 Å². The van der Waals surface area contributed by atoms with Crippen LogP contribution in [0.5, 0.6) is 11.5 Å². The van der Waals surface area contributed by atoms with Crippen LogP contribution in [0.2, 0.25) is 0 Å². The molecule has 1 atom stereocenters. The number of fused-ring (bicyclic) bond motifs is 1. The van der Waals surface area contributed by atoms with Gasteiger partial charge in [-0.1, -0.05) is 0 Å². The van der Waals surface area contributed by atoms with E-state index in [1.165, 1.54) is 12.1 Å². The van der Waals surface area contributed by atoms with Crippen LogP contribution >= 0.6 is 0 Å². The lowest BCUT2D eigenvalue weighted by Crippen LogP contribution is -2.34. The molecule has 1 aromatic rings. The zero-order valence-electron chi connectivity index (χ0n) is 8.92. The number of nitrogens with one attached hydrogen (secondary N) is 1. The molecular formula is C10H13NO5S. The monoisotopic (exact) mass is 259 g/mol. The van der Waals surface area contributed by atoms with Gasteiger partial charge in [-0.3, -0.25) is 4.55 Å². The van der Waals surface area contributed by atoms with Gasteiger partial charge in [-0.05, 0) is 36.2 Å². The molecular weight excluding hydrogens is 246 g/mol. The lowest BCUT2D eigenvalue weighted by atomic mass is 9.94. The summed E-state index contributed by atoms with van der Waals surface area (Å²) in [6.07, 6.45) is 0.630. The molecule has 4 N–H and O–H groups in total. The van der Waals surface area contributed by atoms with E-state index < -0.39 is 21.9 Å². The minimum Gasteiger partial charge on any atom is -0.504 e. The Balaban J connectivity index is 2.40. The molecule has 2 rings (SSSR count). The van der Waals surface area contributed by atoms with E-state index in [1.807, 2.05) is 0 Å². The third-order valence-electron chi connectivity index (χ3n) is 2.77. The lowest BCUT2D eigenvalue weighted by molar-refractivity contribution is 0.399. The number of hydrogen-bond acceptors (Lipinski definition) is 5. The fourth-order valence-electron chi connectivity index (χ4n) is 2.03. The first-order valence-electron chi connectivity index (χ1n) is 5.10. The zero-order valence-corrected chi connectivity index (χ0v) is 9.74. The molecule has 1 aromatic carbocycles. The van der Waals surface area contributed by atoms with E-state index in [-0.39, 0.29) is 11.5 Å². The normalized spacial score (nSPS) is 19.9. The van der Waals surface area contributed by atoms with Gasteiger partial charge in [-0.15, -0.1) is 0 Å². The fraction of sp³-hybridized carbons (Fsp3) is 0.400. The van der Waals surface area contributed by atoms with Crippen molar-refractivity contribution < 1.29 is 23.2 Å². The van der Waals surface area contributed by atoms with Crippen molar-refractivity contribution in [3.8, 4) is 11.5 Å². The summed E-state index contributed by atoms with van der Waals surface area (Å²) >= 11 is 0. The van der Waals surface area contributed by atoms with E-state index in [0.717, 1.165) is 5.56 Å². The van der Waals surface area contributed by atoms with Crippen LogP contribution in [0.3, 0.4) is 0 Å². The number of phenols is 2. The first-order valence-corrected chi connectivity index (χ1v) is 6.71. The van der Waals surface area contributed by atoms with Gasteiger partial charge in [-0.2, -0.15) is 8.42 Å². The number of aromatic hydroxyl groups is 2. The van der Waals surface area contributed by atoms with Gasteiger partial charge >= 0.3 is 0 Å². The van der Waals surface area contributed by atoms with E-state index >= 15 is 0 Å². The Morgan fingerprint density at radius 3 is 2.59 bits per heavy atom. The Morgan fingerprint density at radius 1 is 1.29 bits per heavy atom. The van der Waals surface area contributed by atoms with Crippen LogP contribution in [-0.4, -0.2) is 35.5 Å². The molecule has 0 aliphatic carbocycles. The molecule has 0 aromatic heterocycles. The van der Waals surface area contributed by atoms with Crippen molar-refractivity contribution >= 4 is 10.1 Å². The van der Waals surface area contributed by atoms with Crippen LogP contribution in [0.25, 0.3) is 0 Å². The highest BCUT2D eigenvalue weighted by Crippen LogP contribution is 2.33. The third-order valence-corrected chi connectivity index (χ3v) is 3.53. The van der Waals surface area contributed by atoms with E-state index in [9.17, 15) is 18.6 Å². The van der Waals surface area contributed by atoms with Gasteiger partial charge in [0.15, 0.2) is 11.5 Å². The second-order valence-corrected chi connectivity index (χ2v) is 5.54. The molecule has 0 radical (unpaired) electrons.